The highest BCUT2D eigenvalue weighted by atomic mass is 32.2. The van der Waals surface area contributed by atoms with Crippen LogP contribution in [-0.2, 0) is 29.7 Å². The lowest BCUT2D eigenvalue weighted by molar-refractivity contribution is -0.140. The molecule has 2 fully saturated rings. The molecule has 3 aliphatic rings. The van der Waals surface area contributed by atoms with E-state index in [-0.39, 0.29) is 75.1 Å². The van der Waals surface area contributed by atoms with E-state index in [0.29, 0.717) is 37.3 Å². The molecule has 2 aliphatic heterocycles. The number of nitrogens with one attached hydrogen (secondary N) is 1. The molecule has 1 aliphatic carbocycles. The van der Waals surface area contributed by atoms with E-state index in [1.807, 2.05) is 27.7 Å². The van der Waals surface area contributed by atoms with Crippen LogP contribution in [-0.4, -0.2) is 98.5 Å². The maximum Gasteiger partial charge on any atom is 0.320 e. The van der Waals surface area contributed by atoms with Gasteiger partial charge in [-0.25, -0.2) is 16.8 Å². The van der Waals surface area contributed by atoms with Crippen LogP contribution in [0.1, 0.15) is 76.6 Å². The number of sulfonamides is 2. The molecule has 1 unspecified atom stereocenters. The van der Waals surface area contributed by atoms with Crippen LogP contribution in [0, 0.1) is 29.6 Å². The van der Waals surface area contributed by atoms with Gasteiger partial charge in [0.2, 0.25) is 20.0 Å². The van der Waals surface area contributed by atoms with E-state index in [1.165, 1.54) is 32.9 Å². The van der Waals surface area contributed by atoms with E-state index in [9.17, 15) is 31.9 Å². The lowest BCUT2D eigenvalue weighted by atomic mass is 9.83. The van der Waals surface area contributed by atoms with Gasteiger partial charge in [0.05, 0.1) is 9.79 Å². The average molecular weight is 732 g/mol. The van der Waals surface area contributed by atoms with Crippen molar-refractivity contribution in [2.45, 2.75) is 70.2 Å². The maximum atomic E-state index is 13.9. The molecule has 2 aromatic rings. The summed E-state index contributed by atoms with van der Waals surface area (Å²) >= 11 is 0. The molecule has 0 spiro atoms. The van der Waals surface area contributed by atoms with Crippen LogP contribution in [0.3, 0.4) is 0 Å². The number of carboxylic acids is 1. The van der Waals surface area contributed by atoms with Gasteiger partial charge in [-0.1, -0.05) is 64.0 Å². The summed E-state index contributed by atoms with van der Waals surface area (Å²) in [4.78, 5) is 17.3. The number of hydrogen-bond acceptors (Lipinski definition) is 10. The monoisotopic (exact) mass is 731 g/mol. The summed E-state index contributed by atoms with van der Waals surface area (Å²) in [6, 6.07) is 8.28. The zero-order chi connectivity index (χ0) is 36.5. The molecule has 0 aromatic heterocycles. The topological polar surface area (TPSA) is 178 Å². The van der Waals surface area contributed by atoms with Crippen molar-refractivity contribution in [1.29, 1.82) is 0 Å². The normalized spacial score (nSPS) is 24.0. The van der Waals surface area contributed by atoms with Gasteiger partial charge in [0.15, 0.2) is 0 Å². The van der Waals surface area contributed by atoms with E-state index < -0.39 is 32.1 Å². The van der Waals surface area contributed by atoms with E-state index in [2.05, 4.69) is 15.6 Å². The Kier molecular flexibility index (Phi) is 11.4. The predicted octanol–water partition coefficient (Wildman–Crippen LogP) is 4.03. The Morgan fingerprint density at radius 3 is 1.62 bits per heavy atom. The maximum absolute atomic E-state index is 13.9. The first kappa shape index (κ1) is 37.9. The van der Waals surface area contributed by atoms with Crippen LogP contribution < -0.4 is 5.32 Å². The molecule has 0 radical (unpaired) electrons. The largest absolute Gasteiger partial charge is 0.480 e. The third-order valence-corrected chi connectivity index (χ3v) is 13.4. The molecule has 2 aromatic carbocycles. The number of oxime groups is 2. The zero-order valence-electron chi connectivity index (χ0n) is 29.5. The lowest BCUT2D eigenvalue weighted by Gasteiger charge is -2.34. The Morgan fingerprint density at radius 2 is 1.24 bits per heavy atom. The van der Waals surface area contributed by atoms with Gasteiger partial charge in [0.1, 0.15) is 24.1 Å². The van der Waals surface area contributed by atoms with Crippen LogP contribution in [0.25, 0.3) is 0 Å². The molecule has 0 saturated carbocycles. The van der Waals surface area contributed by atoms with Crippen LogP contribution in [0.2, 0.25) is 0 Å². The predicted molar refractivity (Wildman–Crippen MR) is 190 cm³/mol. The fraction of sp³-hybridized carbons (Fsp3) is 0.571. The summed E-state index contributed by atoms with van der Waals surface area (Å²) in [6.45, 7) is 13.4. The second-order valence-corrected chi connectivity index (χ2v) is 18.6. The molecule has 5 atom stereocenters. The molecule has 2 heterocycles. The number of nitrogens with zero attached hydrogens (tertiary/aromatic N) is 4. The molecule has 274 valence electrons. The molecule has 13 nitrogen and oxygen atoms in total. The average Bonchev–Trinajstić information content (AvgIpc) is 3.04. The number of fused-ring (bicyclic) bond motifs is 2. The lowest BCUT2D eigenvalue weighted by Crippen LogP contribution is -2.42. The van der Waals surface area contributed by atoms with Crippen LogP contribution in [0.15, 0.2) is 56.5 Å². The Morgan fingerprint density at radius 1 is 0.800 bits per heavy atom. The van der Waals surface area contributed by atoms with Crippen molar-refractivity contribution in [2.24, 2.45) is 39.9 Å². The molecule has 15 heteroatoms. The smallest absolute Gasteiger partial charge is 0.320 e. The standard InChI is InChI=1S/C35H49N5O8S2/c1-21(2)32(35(41)42)36-11-12-48-38-34-28-9-7-26(49(44,45)39-17-22(3)13-23(4)18-39)15-30(28)33(37-43)31-16-27(8-10-29(31)34)50(46,47)40-19-24(5)14-25(6)20-40/h7-10,15-16,21-25,32,36,43H,11-14,17-20H2,1-6H3,(H,41,42)/t22-,23+,24-,25+,32?. The van der Waals surface area contributed by atoms with Gasteiger partial charge in [0.25, 0.3) is 0 Å². The first-order valence-corrected chi connectivity index (χ1v) is 20.1. The summed E-state index contributed by atoms with van der Waals surface area (Å²) in [5, 5.41) is 30.8. The van der Waals surface area contributed by atoms with Gasteiger partial charge >= 0.3 is 5.97 Å². The van der Waals surface area contributed by atoms with E-state index >= 15 is 0 Å². The van der Waals surface area contributed by atoms with Crippen molar-refractivity contribution in [1.82, 2.24) is 13.9 Å². The first-order chi connectivity index (χ1) is 23.5. The Bertz CT molecular complexity index is 1750. The van der Waals surface area contributed by atoms with Crippen LogP contribution >= 0.6 is 0 Å². The fourth-order valence-electron chi connectivity index (χ4n) is 7.55. The number of rotatable bonds is 11. The van der Waals surface area contributed by atoms with Crippen LogP contribution in [0.4, 0.5) is 0 Å². The summed E-state index contributed by atoms with van der Waals surface area (Å²) in [5.74, 6) is -0.372. The number of carboxylic acid groups (broad SMARTS) is 1. The highest BCUT2D eigenvalue weighted by Gasteiger charge is 2.37. The van der Waals surface area contributed by atoms with Crippen LogP contribution in [0.5, 0.6) is 0 Å². The molecule has 50 heavy (non-hydrogen) atoms. The van der Waals surface area contributed by atoms with E-state index in [1.54, 1.807) is 26.0 Å². The van der Waals surface area contributed by atoms with Gasteiger partial charge in [-0.2, -0.15) is 8.61 Å². The van der Waals surface area contributed by atoms with Crippen molar-refractivity contribution >= 4 is 37.4 Å². The molecule has 5 rings (SSSR count). The van der Waals surface area contributed by atoms with Gasteiger partial charge in [0, 0.05) is 55.0 Å². The fourth-order valence-corrected chi connectivity index (χ4v) is 11.0. The Balaban J connectivity index is 1.56. The number of benzene rings is 2. The summed E-state index contributed by atoms with van der Waals surface area (Å²) in [6.07, 6.45) is 1.86. The highest BCUT2D eigenvalue weighted by molar-refractivity contribution is 7.89. The van der Waals surface area contributed by atoms with E-state index in [0.717, 1.165) is 12.8 Å². The summed E-state index contributed by atoms with van der Waals surface area (Å²) < 4.78 is 58.7. The van der Waals surface area contributed by atoms with Crippen molar-refractivity contribution < 1.29 is 36.8 Å². The van der Waals surface area contributed by atoms with Gasteiger partial charge < -0.3 is 20.5 Å². The van der Waals surface area contributed by atoms with Crippen molar-refractivity contribution in [2.75, 3.05) is 39.3 Å². The zero-order valence-corrected chi connectivity index (χ0v) is 31.2. The van der Waals surface area contributed by atoms with Gasteiger partial charge in [-0.15, -0.1) is 0 Å². The third kappa shape index (κ3) is 7.76. The Hall–Kier alpha value is -3.37. The quantitative estimate of drug-likeness (QED) is 0.149. The minimum Gasteiger partial charge on any atom is -0.480 e. The molecule has 0 bridgehead atoms. The Labute approximate surface area is 295 Å². The van der Waals surface area contributed by atoms with Gasteiger partial charge in [-0.3, -0.25) is 4.79 Å². The number of hydrogen-bond donors (Lipinski definition) is 3. The highest BCUT2D eigenvalue weighted by Crippen LogP contribution is 2.35. The minimum atomic E-state index is -3.92. The molecular formula is C35H49N5O8S2. The van der Waals surface area contributed by atoms with Crippen molar-refractivity contribution in [3.8, 4) is 0 Å². The number of carbonyl (C=O) groups is 1. The van der Waals surface area contributed by atoms with Crippen molar-refractivity contribution in [3.63, 3.8) is 0 Å². The summed E-state index contributed by atoms with van der Waals surface area (Å²) in [7, 11) is -7.85. The molecule has 3 N–H and O–H groups in total. The number of piperidine rings is 2. The summed E-state index contributed by atoms with van der Waals surface area (Å²) in [5.41, 5.74) is 1.65. The molecular weight excluding hydrogens is 683 g/mol. The third-order valence-electron chi connectivity index (χ3n) is 9.69. The second-order valence-electron chi connectivity index (χ2n) is 14.7. The SMILES string of the molecule is CC(C)C(NCCON=C1c2ccc(S(=O)(=O)N3C[C@H](C)C[C@H](C)C3)cc2C(=NO)c2cc(S(=O)(=O)N3C[C@H](C)C[C@H](C)C3)ccc21)C(=O)O. The molecule has 0 amide bonds. The second kappa shape index (κ2) is 15.1. The first-order valence-electron chi connectivity index (χ1n) is 17.2. The van der Waals surface area contributed by atoms with Crippen molar-refractivity contribution in [3.05, 3.63) is 58.7 Å². The number of aliphatic carboxylic acids is 1. The van der Waals surface area contributed by atoms with E-state index in [4.69, 9.17) is 4.84 Å². The van der Waals surface area contributed by atoms with Gasteiger partial charge in [-0.05, 0) is 66.7 Å². The minimum absolute atomic E-state index is 0.00621. The molecule has 2 saturated heterocycles.